The van der Waals surface area contributed by atoms with Crippen molar-refractivity contribution in [1.29, 1.82) is 0 Å². The van der Waals surface area contributed by atoms with E-state index in [1.54, 1.807) is 6.07 Å². The highest BCUT2D eigenvalue weighted by Gasteiger charge is 2.30. The van der Waals surface area contributed by atoms with E-state index < -0.39 is 5.97 Å². The number of aromatic nitrogens is 1. The number of aromatic carboxylic acids is 1. The van der Waals surface area contributed by atoms with Crippen LogP contribution in [0.4, 0.5) is 0 Å². The molecule has 102 valence electrons. The van der Waals surface area contributed by atoms with Crippen LogP contribution in [0.5, 0.6) is 0 Å². The fourth-order valence-electron chi connectivity index (χ4n) is 3.07. The Morgan fingerprint density at radius 2 is 2.26 bits per heavy atom. The third-order valence-electron chi connectivity index (χ3n) is 4.13. The summed E-state index contributed by atoms with van der Waals surface area (Å²) in [5.41, 5.74) is 1.21. The molecule has 1 N–H and O–H groups in total. The summed E-state index contributed by atoms with van der Waals surface area (Å²) in [6.07, 6.45) is 4.08. The highest BCUT2D eigenvalue weighted by Crippen LogP contribution is 2.22. The van der Waals surface area contributed by atoms with Crippen molar-refractivity contribution in [2.24, 2.45) is 0 Å². The fraction of sp³-hybridized carbons (Fsp3) is 0.571. The predicted octanol–water partition coefficient (Wildman–Crippen LogP) is 1.06. The topological polar surface area (TPSA) is 56.7 Å². The minimum absolute atomic E-state index is 0.254. The van der Waals surface area contributed by atoms with Crippen LogP contribution in [-0.4, -0.2) is 58.1 Å². The van der Waals surface area contributed by atoms with Gasteiger partial charge in [-0.3, -0.25) is 14.8 Å². The van der Waals surface area contributed by atoms with Crippen LogP contribution in [0.3, 0.4) is 0 Å². The van der Waals surface area contributed by atoms with Crippen LogP contribution in [0.2, 0.25) is 0 Å². The van der Waals surface area contributed by atoms with Crippen molar-refractivity contribution in [2.75, 3.05) is 26.2 Å². The number of hydrogen-bond donors (Lipinski definition) is 1. The molecule has 19 heavy (non-hydrogen) atoms. The molecule has 5 nitrogen and oxygen atoms in total. The van der Waals surface area contributed by atoms with Gasteiger partial charge in [-0.1, -0.05) is 0 Å². The van der Waals surface area contributed by atoms with Crippen molar-refractivity contribution < 1.29 is 9.90 Å². The lowest BCUT2D eigenvalue weighted by molar-refractivity contribution is 0.0696. The maximum Gasteiger partial charge on any atom is 0.337 e. The van der Waals surface area contributed by atoms with Gasteiger partial charge in [-0.25, -0.2) is 4.79 Å². The van der Waals surface area contributed by atoms with E-state index in [2.05, 4.69) is 14.8 Å². The molecule has 1 atom stereocenters. The summed E-state index contributed by atoms with van der Waals surface area (Å²) in [6, 6.07) is 4.17. The monoisotopic (exact) mass is 261 g/mol. The van der Waals surface area contributed by atoms with Crippen LogP contribution in [-0.2, 0) is 6.54 Å². The lowest BCUT2D eigenvalue weighted by Gasteiger charge is -2.37. The number of carboxylic acids is 1. The zero-order valence-corrected chi connectivity index (χ0v) is 11.0. The quantitative estimate of drug-likeness (QED) is 0.881. The number of carbonyl (C=O) groups is 1. The number of fused-ring (bicyclic) bond motifs is 1. The maximum atomic E-state index is 10.8. The van der Waals surface area contributed by atoms with E-state index in [9.17, 15) is 4.79 Å². The van der Waals surface area contributed by atoms with Crippen LogP contribution >= 0.6 is 0 Å². The number of hydrogen-bond acceptors (Lipinski definition) is 4. The summed E-state index contributed by atoms with van der Waals surface area (Å²) in [6.45, 7) is 5.42. The molecular weight excluding hydrogens is 242 g/mol. The van der Waals surface area contributed by atoms with Crippen molar-refractivity contribution in [3.63, 3.8) is 0 Å². The van der Waals surface area contributed by atoms with Crippen LogP contribution < -0.4 is 0 Å². The molecule has 0 aromatic carbocycles. The van der Waals surface area contributed by atoms with Crippen LogP contribution in [0.1, 0.15) is 28.9 Å². The first-order chi connectivity index (χ1) is 9.22. The minimum atomic E-state index is -0.918. The van der Waals surface area contributed by atoms with E-state index >= 15 is 0 Å². The minimum Gasteiger partial charge on any atom is -0.478 e. The molecule has 3 rings (SSSR count). The molecule has 0 radical (unpaired) electrons. The van der Waals surface area contributed by atoms with E-state index in [0.29, 0.717) is 6.04 Å². The molecular formula is C14H19N3O2. The van der Waals surface area contributed by atoms with E-state index in [4.69, 9.17) is 5.11 Å². The van der Waals surface area contributed by atoms with Crippen LogP contribution in [0, 0.1) is 0 Å². The SMILES string of the molecule is O=C(O)c1ccc(CN2CCN3CCCC3C2)nc1. The largest absolute Gasteiger partial charge is 0.478 e. The van der Waals surface area contributed by atoms with Crippen molar-refractivity contribution in [3.05, 3.63) is 29.6 Å². The first kappa shape index (κ1) is 12.6. The summed E-state index contributed by atoms with van der Waals surface area (Å²) in [4.78, 5) is 20.0. The summed E-state index contributed by atoms with van der Waals surface area (Å²) < 4.78 is 0. The van der Waals surface area contributed by atoms with Crippen LogP contribution in [0.15, 0.2) is 18.3 Å². The first-order valence-electron chi connectivity index (χ1n) is 6.87. The van der Waals surface area contributed by atoms with Crippen molar-refractivity contribution in [3.8, 4) is 0 Å². The lowest BCUT2D eigenvalue weighted by Crippen LogP contribution is -2.49. The Labute approximate surface area is 112 Å². The first-order valence-corrected chi connectivity index (χ1v) is 6.87. The van der Waals surface area contributed by atoms with Crippen LogP contribution in [0.25, 0.3) is 0 Å². The normalized spacial score (nSPS) is 24.3. The van der Waals surface area contributed by atoms with E-state index in [0.717, 1.165) is 31.9 Å². The van der Waals surface area contributed by atoms with Gasteiger partial charge in [0.1, 0.15) is 0 Å². The highest BCUT2D eigenvalue weighted by molar-refractivity contribution is 5.87. The van der Waals surface area contributed by atoms with Crippen molar-refractivity contribution >= 4 is 5.97 Å². The van der Waals surface area contributed by atoms with Gasteiger partial charge in [-0.05, 0) is 31.5 Å². The van der Waals surface area contributed by atoms with Gasteiger partial charge >= 0.3 is 5.97 Å². The number of pyridine rings is 1. The van der Waals surface area contributed by atoms with Gasteiger partial charge in [0.25, 0.3) is 0 Å². The van der Waals surface area contributed by atoms with Gasteiger partial charge < -0.3 is 5.11 Å². The molecule has 1 unspecified atom stereocenters. The Hall–Kier alpha value is -1.46. The summed E-state index contributed by atoms with van der Waals surface area (Å²) in [5.74, 6) is -0.918. The Bertz CT molecular complexity index is 460. The third kappa shape index (κ3) is 2.77. The molecule has 1 aromatic rings. The fourth-order valence-corrected chi connectivity index (χ4v) is 3.07. The number of carboxylic acid groups (broad SMARTS) is 1. The molecule has 0 aliphatic carbocycles. The molecule has 2 aliphatic rings. The van der Waals surface area contributed by atoms with Gasteiger partial charge in [-0.2, -0.15) is 0 Å². The molecule has 0 saturated carbocycles. The van der Waals surface area contributed by atoms with Crippen molar-refractivity contribution in [1.82, 2.24) is 14.8 Å². The molecule has 2 fully saturated rings. The molecule has 1 aromatic heterocycles. The molecule has 5 heteroatoms. The Balaban J connectivity index is 1.60. The second-order valence-electron chi connectivity index (χ2n) is 5.41. The lowest BCUT2D eigenvalue weighted by atomic mass is 10.1. The maximum absolute atomic E-state index is 10.8. The smallest absolute Gasteiger partial charge is 0.337 e. The Morgan fingerprint density at radius 3 is 3.00 bits per heavy atom. The van der Waals surface area contributed by atoms with E-state index in [-0.39, 0.29) is 5.56 Å². The third-order valence-corrected chi connectivity index (χ3v) is 4.13. The molecule has 0 spiro atoms. The molecule has 3 heterocycles. The Morgan fingerprint density at radius 1 is 1.37 bits per heavy atom. The van der Waals surface area contributed by atoms with Gasteiger partial charge in [0, 0.05) is 38.4 Å². The van der Waals surface area contributed by atoms with Gasteiger partial charge in [0.2, 0.25) is 0 Å². The predicted molar refractivity (Wildman–Crippen MR) is 71.1 cm³/mol. The van der Waals surface area contributed by atoms with E-state index in [1.165, 1.54) is 25.6 Å². The van der Waals surface area contributed by atoms with Crippen molar-refractivity contribution in [2.45, 2.75) is 25.4 Å². The zero-order valence-electron chi connectivity index (χ0n) is 11.0. The second kappa shape index (κ2) is 5.27. The van der Waals surface area contributed by atoms with Gasteiger partial charge in [-0.15, -0.1) is 0 Å². The summed E-state index contributed by atoms with van der Waals surface area (Å²) >= 11 is 0. The molecule has 0 bridgehead atoms. The average Bonchev–Trinajstić information content (AvgIpc) is 2.87. The average molecular weight is 261 g/mol. The number of rotatable bonds is 3. The number of piperazine rings is 1. The highest BCUT2D eigenvalue weighted by atomic mass is 16.4. The second-order valence-corrected chi connectivity index (χ2v) is 5.41. The Kier molecular flexibility index (Phi) is 3.48. The molecule has 0 amide bonds. The zero-order chi connectivity index (χ0) is 13.2. The van der Waals surface area contributed by atoms with E-state index in [1.807, 2.05) is 6.07 Å². The van der Waals surface area contributed by atoms with Gasteiger partial charge in [0.15, 0.2) is 0 Å². The summed E-state index contributed by atoms with van der Waals surface area (Å²) in [5, 5.41) is 8.84. The van der Waals surface area contributed by atoms with Gasteiger partial charge in [0.05, 0.1) is 11.3 Å². The molecule has 2 saturated heterocycles. The standard InChI is InChI=1S/C14H19N3O2/c18-14(19)11-3-4-12(15-8-11)9-16-6-7-17-5-1-2-13(17)10-16/h3-4,8,13H,1-2,5-7,9-10H2,(H,18,19). The molecule has 2 aliphatic heterocycles. The summed E-state index contributed by atoms with van der Waals surface area (Å²) in [7, 11) is 0. The number of nitrogens with zero attached hydrogens (tertiary/aromatic N) is 3.